The molecule has 1 aromatic heterocycles. The van der Waals surface area contributed by atoms with Crippen LogP contribution in [0.15, 0.2) is 30.5 Å². The number of hydrogen-bond donors (Lipinski definition) is 1. The van der Waals surface area contributed by atoms with Gasteiger partial charge in [-0.05, 0) is 64.0 Å². The first-order valence-corrected chi connectivity index (χ1v) is 11.1. The SMILES string of the molecule is CC(C)(C)OC(=O)N1CCC(C(=O)N2CCC(c3c[nH]c4ccccc34)CC2)CC1. The predicted octanol–water partition coefficient (Wildman–Crippen LogP) is 4.52. The molecule has 2 aliphatic rings. The highest BCUT2D eigenvalue weighted by molar-refractivity contribution is 5.84. The van der Waals surface area contributed by atoms with Crippen LogP contribution in [-0.2, 0) is 9.53 Å². The van der Waals surface area contributed by atoms with Gasteiger partial charge in [-0.2, -0.15) is 0 Å². The van der Waals surface area contributed by atoms with Crippen LogP contribution in [0.5, 0.6) is 0 Å². The minimum atomic E-state index is -0.487. The number of nitrogens with one attached hydrogen (secondary N) is 1. The van der Waals surface area contributed by atoms with E-state index < -0.39 is 5.60 Å². The summed E-state index contributed by atoms with van der Waals surface area (Å²) in [6.45, 7) is 8.45. The summed E-state index contributed by atoms with van der Waals surface area (Å²) < 4.78 is 5.46. The Morgan fingerprint density at radius 2 is 1.60 bits per heavy atom. The highest BCUT2D eigenvalue weighted by Gasteiger charge is 2.33. The van der Waals surface area contributed by atoms with Gasteiger partial charge >= 0.3 is 6.09 Å². The number of para-hydroxylation sites is 1. The van der Waals surface area contributed by atoms with Gasteiger partial charge in [-0.1, -0.05) is 18.2 Å². The van der Waals surface area contributed by atoms with E-state index in [1.807, 2.05) is 25.7 Å². The van der Waals surface area contributed by atoms with Crippen molar-refractivity contribution in [3.05, 3.63) is 36.0 Å². The maximum atomic E-state index is 13.0. The fraction of sp³-hybridized carbons (Fsp3) is 0.583. The molecule has 6 nitrogen and oxygen atoms in total. The van der Waals surface area contributed by atoms with Crippen LogP contribution in [0.4, 0.5) is 4.79 Å². The predicted molar refractivity (Wildman–Crippen MR) is 117 cm³/mol. The van der Waals surface area contributed by atoms with Gasteiger partial charge in [0.05, 0.1) is 0 Å². The van der Waals surface area contributed by atoms with E-state index in [1.54, 1.807) is 4.90 Å². The zero-order chi connectivity index (χ0) is 21.3. The molecule has 0 atom stereocenters. The van der Waals surface area contributed by atoms with Crippen LogP contribution in [-0.4, -0.2) is 58.6 Å². The lowest BCUT2D eigenvalue weighted by Crippen LogP contribution is -2.47. The topological polar surface area (TPSA) is 65.6 Å². The Morgan fingerprint density at radius 1 is 0.967 bits per heavy atom. The molecule has 1 N–H and O–H groups in total. The lowest BCUT2D eigenvalue weighted by atomic mass is 9.88. The third-order valence-electron chi connectivity index (χ3n) is 6.36. The van der Waals surface area contributed by atoms with E-state index in [0.29, 0.717) is 19.0 Å². The molecule has 2 amide bonds. The van der Waals surface area contributed by atoms with E-state index in [9.17, 15) is 9.59 Å². The molecule has 1 aromatic carbocycles. The number of nitrogens with zero attached hydrogens (tertiary/aromatic N) is 2. The Kier molecular flexibility index (Phi) is 5.76. The second-order valence-electron chi connectivity index (χ2n) is 9.63. The number of piperidine rings is 2. The summed E-state index contributed by atoms with van der Waals surface area (Å²) in [5.74, 6) is 0.781. The summed E-state index contributed by atoms with van der Waals surface area (Å²) in [5, 5.41) is 1.30. The van der Waals surface area contributed by atoms with Gasteiger partial charge in [0.2, 0.25) is 5.91 Å². The number of H-pyrrole nitrogens is 1. The quantitative estimate of drug-likeness (QED) is 0.790. The summed E-state index contributed by atoms with van der Waals surface area (Å²) in [4.78, 5) is 32.4. The Bertz CT molecular complexity index is 898. The van der Waals surface area contributed by atoms with Crippen molar-refractivity contribution in [2.24, 2.45) is 5.92 Å². The third-order valence-corrected chi connectivity index (χ3v) is 6.36. The van der Waals surface area contributed by atoms with E-state index >= 15 is 0 Å². The van der Waals surface area contributed by atoms with E-state index in [0.717, 1.165) is 38.8 Å². The molecule has 2 aliphatic heterocycles. The van der Waals surface area contributed by atoms with Crippen LogP contribution in [0.3, 0.4) is 0 Å². The molecule has 0 bridgehead atoms. The molecule has 0 saturated carbocycles. The molecule has 30 heavy (non-hydrogen) atoms. The molecule has 3 heterocycles. The Balaban J connectivity index is 1.28. The first-order valence-electron chi connectivity index (χ1n) is 11.1. The molecule has 4 rings (SSSR count). The molecule has 0 unspecified atom stereocenters. The Labute approximate surface area is 178 Å². The largest absolute Gasteiger partial charge is 0.444 e. The second-order valence-corrected chi connectivity index (χ2v) is 9.63. The minimum absolute atomic E-state index is 0.0216. The van der Waals surface area contributed by atoms with Gasteiger partial charge in [-0.3, -0.25) is 4.79 Å². The number of likely N-dealkylation sites (tertiary alicyclic amines) is 2. The van der Waals surface area contributed by atoms with Crippen molar-refractivity contribution < 1.29 is 14.3 Å². The van der Waals surface area contributed by atoms with Crippen molar-refractivity contribution >= 4 is 22.9 Å². The Hall–Kier alpha value is -2.50. The minimum Gasteiger partial charge on any atom is -0.444 e. The van der Waals surface area contributed by atoms with E-state index in [-0.39, 0.29) is 17.9 Å². The number of carbonyl (C=O) groups is 2. The maximum absolute atomic E-state index is 13.0. The number of ether oxygens (including phenoxy) is 1. The molecular formula is C24H33N3O3. The van der Waals surface area contributed by atoms with Crippen LogP contribution in [0.2, 0.25) is 0 Å². The van der Waals surface area contributed by atoms with E-state index in [2.05, 4.69) is 35.4 Å². The fourth-order valence-corrected chi connectivity index (χ4v) is 4.74. The lowest BCUT2D eigenvalue weighted by Gasteiger charge is -2.37. The van der Waals surface area contributed by atoms with Gasteiger partial charge < -0.3 is 19.5 Å². The van der Waals surface area contributed by atoms with E-state index in [4.69, 9.17) is 4.74 Å². The molecule has 0 aliphatic carbocycles. The maximum Gasteiger partial charge on any atom is 0.410 e. The number of fused-ring (bicyclic) bond motifs is 1. The smallest absolute Gasteiger partial charge is 0.410 e. The fourth-order valence-electron chi connectivity index (χ4n) is 4.74. The van der Waals surface area contributed by atoms with Gasteiger partial charge in [0.1, 0.15) is 5.60 Å². The van der Waals surface area contributed by atoms with Crippen molar-refractivity contribution in [2.45, 2.75) is 58.0 Å². The lowest BCUT2D eigenvalue weighted by molar-refractivity contribution is -0.138. The van der Waals surface area contributed by atoms with Crippen LogP contribution >= 0.6 is 0 Å². The first-order chi connectivity index (χ1) is 14.3. The monoisotopic (exact) mass is 411 g/mol. The summed E-state index contributed by atoms with van der Waals surface area (Å²) in [5.41, 5.74) is 2.07. The Morgan fingerprint density at radius 3 is 2.27 bits per heavy atom. The van der Waals surface area contributed by atoms with Crippen LogP contribution in [0.1, 0.15) is 57.9 Å². The van der Waals surface area contributed by atoms with Crippen LogP contribution < -0.4 is 0 Å². The van der Waals surface area contributed by atoms with Gasteiger partial charge in [-0.15, -0.1) is 0 Å². The average molecular weight is 412 g/mol. The normalized spacial score (nSPS) is 19.3. The molecule has 6 heteroatoms. The van der Waals surface area contributed by atoms with Gasteiger partial charge in [-0.25, -0.2) is 4.79 Å². The third kappa shape index (κ3) is 4.47. The van der Waals surface area contributed by atoms with Gasteiger partial charge in [0, 0.05) is 49.2 Å². The molecule has 2 saturated heterocycles. The number of amides is 2. The number of aromatic nitrogens is 1. The van der Waals surface area contributed by atoms with Crippen molar-refractivity contribution in [1.82, 2.24) is 14.8 Å². The van der Waals surface area contributed by atoms with Gasteiger partial charge in [0.15, 0.2) is 0 Å². The molecule has 2 aromatic rings. The summed E-state index contributed by atoms with van der Waals surface area (Å²) in [6.07, 6.45) is 5.32. The van der Waals surface area contributed by atoms with Crippen LogP contribution in [0, 0.1) is 5.92 Å². The van der Waals surface area contributed by atoms with Gasteiger partial charge in [0.25, 0.3) is 0 Å². The summed E-state index contributed by atoms with van der Waals surface area (Å²) in [6, 6.07) is 8.43. The summed E-state index contributed by atoms with van der Waals surface area (Å²) in [7, 11) is 0. The molecule has 162 valence electrons. The standard InChI is InChI=1S/C24H33N3O3/c1-24(2,3)30-23(29)27-14-10-18(11-15-27)22(28)26-12-8-17(9-13-26)20-16-25-21-7-5-4-6-19(20)21/h4-7,16-18,25H,8-15H2,1-3H3. The van der Waals surface area contributed by atoms with Crippen molar-refractivity contribution in [2.75, 3.05) is 26.2 Å². The second kappa shape index (κ2) is 8.32. The van der Waals surface area contributed by atoms with Crippen molar-refractivity contribution in [3.63, 3.8) is 0 Å². The van der Waals surface area contributed by atoms with E-state index in [1.165, 1.54) is 16.5 Å². The first kappa shape index (κ1) is 20.8. The zero-order valence-electron chi connectivity index (χ0n) is 18.3. The molecule has 0 radical (unpaired) electrons. The van der Waals surface area contributed by atoms with Crippen molar-refractivity contribution in [1.29, 1.82) is 0 Å². The zero-order valence-corrected chi connectivity index (χ0v) is 18.3. The van der Waals surface area contributed by atoms with Crippen molar-refractivity contribution in [3.8, 4) is 0 Å². The number of carbonyl (C=O) groups excluding carboxylic acids is 2. The number of rotatable bonds is 2. The summed E-state index contributed by atoms with van der Waals surface area (Å²) >= 11 is 0. The highest BCUT2D eigenvalue weighted by Crippen LogP contribution is 2.34. The van der Waals surface area contributed by atoms with Crippen LogP contribution in [0.25, 0.3) is 10.9 Å². The average Bonchev–Trinajstić information content (AvgIpc) is 3.16. The molecular weight excluding hydrogens is 378 g/mol. The molecule has 2 fully saturated rings. The highest BCUT2D eigenvalue weighted by atomic mass is 16.6. The number of aromatic amines is 1. The molecule has 0 spiro atoms. The number of hydrogen-bond acceptors (Lipinski definition) is 3. The number of benzene rings is 1.